The molecule has 0 aromatic heterocycles. The zero-order chi connectivity index (χ0) is 15.2. The lowest BCUT2D eigenvalue weighted by Crippen LogP contribution is -2.28. The number of carbonyl (C=O) groups is 1. The highest BCUT2D eigenvalue weighted by Crippen LogP contribution is 2.18. The van der Waals surface area contributed by atoms with Gasteiger partial charge >= 0.3 is 0 Å². The minimum absolute atomic E-state index is 0.233. The van der Waals surface area contributed by atoms with Crippen LogP contribution in [0, 0.1) is 12.7 Å². The summed E-state index contributed by atoms with van der Waals surface area (Å²) in [5.74, 6) is -0.313. The molecule has 0 aliphatic heterocycles. The van der Waals surface area contributed by atoms with Gasteiger partial charge in [-0.3, -0.25) is 4.79 Å². The van der Waals surface area contributed by atoms with Crippen molar-refractivity contribution in [1.29, 1.82) is 0 Å². The highest BCUT2D eigenvalue weighted by molar-refractivity contribution is 5.94. The van der Waals surface area contributed by atoms with Gasteiger partial charge in [0.25, 0.3) is 5.91 Å². The Kier molecular flexibility index (Phi) is 5.09. The first kappa shape index (κ1) is 15.2. The van der Waals surface area contributed by atoms with Gasteiger partial charge in [-0.1, -0.05) is 43.3 Å². The summed E-state index contributed by atoms with van der Waals surface area (Å²) in [7, 11) is 0. The molecule has 1 N–H and O–H groups in total. The second kappa shape index (κ2) is 7.02. The van der Waals surface area contributed by atoms with E-state index in [4.69, 9.17) is 0 Å². The summed E-state index contributed by atoms with van der Waals surface area (Å²) in [6.45, 7) is 4.32. The second-order valence-corrected chi connectivity index (χ2v) is 5.19. The van der Waals surface area contributed by atoms with Gasteiger partial charge in [-0.15, -0.1) is 0 Å². The Balaban J connectivity index is 2.01. The average molecular weight is 285 g/mol. The fraction of sp³-hybridized carbons (Fsp3) is 0.278. The summed E-state index contributed by atoms with van der Waals surface area (Å²) in [6, 6.07) is 14.6. The quantitative estimate of drug-likeness (QED) is 0.882. The van der Waals surface area contributed by atoms with Crippen molar-refractivity contribution in [3.63, 3.8) is 0 Å². The summed E-state index contributed by atoms with van der Waals surface area (Å²) in [5.41, 5.74) is 2.11. The van der Waals surface area contributed by atoms with E-state index < -0.39 is 0 Å². The second-order valence-electron chi connectivity index (χ2n) is 5.19. The number of halogens is 1. The van der Waals surface area contributed by atoms with Gasteiger partial charge < -0.3 is 5.32 Å². The van der Waals surface area contributed by atoms with Gasteiger partial charge in [-0.25, -0.2) is 4.39 Å². The molecule has 0 radical (unpaired) electrons. The van der Waals surface area contributed by atoms with Crippen molar-refractivity contribution in [2.75, 3.05) is 6.54 Å². The molecule has 0 saturated carbocycles. The minimum Gasteiger partial charge on any atom is -0.351 e. The number of nitrogens with one attached hydrogen (secondary N) is 1. The molecule has 0 bridgehead atoms. The number of hydrogen-bond donors (Lipinski definition) is 1. The molecule has 0 aliphatic carbocycles. The summed E-state index contributed by atoms with van der Waals surface area (Å²) >= 11 is 0. The van der Waals surface area contributed by atoms with Crippen LogP contribution >= 0.6 is 0 Å². The topological polar surface area (TPSA) is 29.1 Å². The Morgan fingerprint density at radius 1 is 1.19 bits per heavy atom. The monoisotopic (exact) mass is 285 g/mol. The van der Waals surface area contributed by atoms with Gasteiger partial charge in [-0.05, 0) is 36.6 Å². The van der Waals surface area contributed by atoms with Gasteiger partial charge in [0.15, 0.2) is 0 Å². The third kappa shape index (κ3) is 3.91. The van der Waals surface area contributed by atoms with E-state index in [1.54, 1.807) is 19.1 Å². The third-order valence-electron chi connectivity index (χ3n) is 3.71. The van der Waals surface area contributed by atoms with Crippen molar-refractivity contribution in [3.8, 4) is 0 Å². The van der Waals surface area contributed by atoms with Crippen LogP contribution in [0.15, 0.2) is 48.5 Å². The molecule has 21 heavy (non-hydrogen) atoms. The van der Waals surface area contributed by atoms with Crippen molar-refractivity contribution in [2.45, 2.75) is 26.2 Å². The van der Waals surface area contributed by atoms with Crippen molar-refractivity contribution >= 4 is 5.91 Å². The maximum absolute atomic E-state index is 13.5. The first-order valence-corrected chi connectivity index (χ1v) is 7.21. The molecular formula is C18H20FNO. The van der Waals surface area contributed by atoms with Crippen molar-refractivity contribution in [3.05, 3.63) is 71.0 Å². The van der Waals surface area contributed by atoms with E-state index >= 15 is 0 Å². The minimum atomic E-state index is -0.349. The number of aryl methyl sites for hydroxylation is 1. The van der Waals surface area contributed by atoms with E-state index in [9.17, 15) is 9.18 Å². The largest absolute Gasteiger partial charge is 0.351 e. The van der Waals surface area contributed by atoms with Crippen LogP contribution in [-0.4, -0.2) is 12.5 Å². The maximum Gasteiger partial charge on any atom is 0.251 e. The Labute approximate surface area is 125 Å². The molecule has 0 heterocycles. The van der Waals surface area contributed by atoms with E-state index in [1.165, 1.54) is 11.6 Å². The molecule has 2 aromatic carbocycles. The van der Waals surface area contributed by atoms with Crippen molar-refractivity contribution in [2.24, 2.45) is 0 Å². The molecule has 3 heteroatoms. The van der Waals surface area contributed by atoms with Crippen LogP contribution in [0.4, 0.5) is 4.39 Å². The molecule has 2 aromatic rings. The van der Waals surface area contributed by atoms with Gasteiger partial charge in [-0.2, -0.15) is 0 Å². The highest BCUT2D eigenvalue weighted by Gasteiger charge is 2.12. The molecule has 110 valence electrons. The first-order valence-electron chi connectivity index (χ1n) is 7.21. The van der Waals surface area contributed by atoms with Gasteiger partial charge in [0.1, 0.15) is 5.82 Å². The van der Waals surface area contributed by atoms with Crippen molar-refractivity contribution < 1.29 is 9.18 Å². The molecular weight excluding hydrogens is 265 g/mol. The predicted molar refractivity (Wildman–Crippen MR) is 82.9 cm³/mol. The molecule has 2 nitrogen and oxygen atoms in total. The van der Waals surface area contributed by atoms with E-state index in [-0.39, 0.29) is 17.6 Å². The molecule has 1 amide bonds. The Hall–Kier alpha value is -2.16. The Bertz CT molecular complexity index is 610. The van der Waals surface area contributed by atoms with Gasteiger partial charge in [0.2, 0.25) is 0 Å². The number of carbonyl (C=O) groups excluding carboxylic acids is 1. The fourth-order valence-corrected chi connectivity index (χ4v) is 2.28. The molecule has 0 saturated heterocycles. The third-order valence-corrected chi connectivity index (χ3v) is 3.71. The van der Waals surface area contributed by atoms with Crippen LogP contribution in [0.3, 0.4) is 0 Å². The lowest BCUT2D eigenvalue weighted by Gasteiger charge is -2.16. The summed E-state index contributed by atoms with van der Waals surface area (Å²) in [4.78, 5) is 12.1. The number of amides is 1. The highest BCUT2D eigenvalue weighted by atomic mass is 19.1. The van der Waals surface area contributed by atoms with E-state index in [0.29, 0.717) is 17.7 Å². The SMILES string of the molecule is CCC(CNC(=O)c1ccc(C)c(F)c1)c1ccccc1. The predicted octanol–water partition coefficient (Wildman–Crippen LogP) is 4.06. The maximum atomic E-state index is 13.5. The van der Waals surface area contributed by atoms with Crippen LogP contribution in [0.1, 0.15) is 40.7 Å². The molecule has 2 rings (SSSR count). The average Bonchev–Trinajstić information content (AvgIpc) is 2.51. The molecule has 1 atom stereocenters. The Morgan fingerprint density at radius 2 is 1.90 bits per heavy atom. The summed E-state index contributed by atoms with van der Waals surface area (Å²) in [5, 5.41) is 2.89. The van der Waals surface area contributed by atoms with Crippen LogP contribution in [0.2, 0.25) is 0 Å². The Morgan fingerprint density at radius 3 is 2.52 bits per heavy atom. The number of hydrogen-bond acceptors (Lipinski definition) is 1. The fourth-order valence-electron chi connectivity index (χ4n) is 2.28. The van der Waals surface area contributed by atoms with E-state index in [0.717, 1.165) is 6.42 Å². The van der Waals surface area contributed by atoms with E-state index in [2.05, 4.69) is 24.4 Å². The lowest BCUT2D eigenvalue weighted by molar-refractivity contribution is 0.0950. The molecule has 0 aliphatic rings. The molecule has 0 spiro atoms. The first-order chi connectivity index (χ1) is 10.1. The smallest absolute Gasteiger partial charge is 0.251 e. The van der Waals surface area contributed by atoms with Crippen LogP contribution in [0.25, 0.3) is 0 Å². The van der Waals surface area contributed by atoms with Crippen molar-refractivity contribution in [1.82, 2.24) is 5.32 Å². The van der Waals surface area contributed by atoms with Gasteiger partial charge in [0, 0.05) is 18.0 Å². The standard InChI is InChI=1S/C18H20FNO/c1-3-14(15-7-5-4-6-8-15)12-20-18(21)16-10-9-13(2)17(19)11-16/h4-11,14H,3,12H2,1-2H3,(H,20,21). The van der Waals surface area contributed by atoms with Crippen LogP contribution < -0.4 is 5.32 Å². The van der Waals surface area contributed by atoms with Crippen LogP contribution in [-0.2, 0) is 0 Å². The molecule has 1 unspecified atom stereocenters. The normalized spacial score (nSPS) is 12.0. The molecule has 0 fully saturated rings. The lowest BCUT2D eigenvalue weighted by atomic mass is 9.96. The van der Waals surface area contributed by atoms with Gasteiger partial charge in [0.05, 0.1) is 0 Å². The summed E-state index contributed by atoms with van der Waals surface area (Å²) < 4.78 is 13.5. The summed E-state index contributed by atoms with van der Waals surface area (Å²) in [6.07, 6.45) is 0.937. The number of benzene rings is 2. The number of rotatable bonds is 5. The van der Waals surface area contributed by atoms with E-state index in [1.807, 2.05) is 18.2 Å². The van der Waals surface area contributed by atoms with Crippen LogP contribution in [0.5, 0.6) is 0 Å². The zero-order valence-corrected chi connectivity index (χ0v) is 12.4. The zero-order valence-electron chi connectivity index (χ0n) is 12.4.